The van der Waals surface area contributed by atoms with Crippen molar-refractivity contribution in [3.8, 4) is 0 Å². The van der Waals surface area contributed by atoms with Gasteiger partial charge in [-0.3, -0.25) is 4.90 Å². The molecule has 0 aromatic rings. The summed E-state index contributed by atoms with van der Waals surface area (Å²) in [6.07, 6.45) is 5.45. The topological polar surface area (TPSA) is 15.3 Å². The lowest BCUT2D eigenvalue weighted by molar-refractivity contribution is 0.0849. The molecule has 2 aliphatic rings. The molecule has 1 N–H and O–H groups in total. The van der Waals surface area contributed by atoms with E-state index in [0.717, 1.165) is 6.04 Å². The van der Waals surface area contributed by atoms with Gasteiger partial charge in [0.2, 0.25) is 0 Å². The summed E-state index contributed by atoms with van der Waals surface area (Å²) in [5.74, 6) is 0. The van der Waals surface area contributed by atoms with E-state index in [1.807, 2.05) is 0 Å². The van der Waals surface area contributed by atoms with Crippen LogP contribution in [0.3, 0.4) is 0 Å². The van der Waals surface area contributed by atoms with Crippen LogP contribution < -0.4 is 5.32 Å². The minimum atomic E-state index is 0.485. The van der Waals surface area contributed by atoms with Crippen LogP contribution in [0.5, 0.6) is 0 Å². The second kappa shape index (κ2) is 4.89. The highest BCUT2D eigenvalue weighted by molar-refractivity contribution is 4.94. The lowest BCUT2D eigenvalue weighted by Crippen LogP contribution is -2.46. The standard InChI is InChI=1S/C15H30N2/c1-5-14(2,3)13-7-6-10-17(13)12-15(4)8-9-16-11-15/h13,16H,5-12H2,1-4H3. The maximum absolute atomic E-state index is 3.53. The Morgan fingerprint density at radius 2 is 2.18 bits per heavy atom. The first-order valence-electron chi connectivity index (χ1n) is 7.42. The summed E-state index contributed by atoms with van der Waals surface area (Å²) < 4.78 is 0. The van der Waals surface area contributed by atoms with Crippen molar-refractivity contribution in [1.29, 1.82) is 0 Å². The van der Waals surface area contributed by atoms with Gasteiger partial charge >= 0.3 is 0 Å². The largest absolute Gasteiger partial charge is 0.316 e. The summed E-state index contributed by atoms with van der Waals surface area (Å²) in [6, 6.07) is 0.810. The normalized spacial score (nSPS) is 35.6. The third kappa shape index (κ3) is 2.85. The predicted molar refractivity (Wildman–Crippen MR) is 74.3 cm³/mol. The number of nitrogens with one attached hydrogen (secondary N) is 1. The molecule has 17 heavy (non-hydrogen) atoms. The molecular weight excluding hydrogens is 208 g/mol. The van der Waals surface area contributed by atoms with Crippen LogP contribution in [0.1, 0.15) is 53.4 Å². The zero-order valence-electron chi connectivity index (χ0n) is 12.2. The fourth-order valence-electron chi connectivity index (χ4n) is 3.63. The molecule has 2 rings (SSSR count). The molecule has 2 aliphatic heterocycles. The van der Waals surface area contributed by atoms with E-state index in [1.165, 1.54) is 51.9 Å². The van der Waals surface area contributed by atoms with Gasteiger partial charge in [-0.1, -0.05) is 27.7 Å². The van der Waals surface area contributed by atoms with E-state index in [4.69, 9.17) is 0 Å². The van der Waals surface area contributed by atoms with E-state index in [-0.39, 0.29) is 0 Å². The Bertz CT molecular complexity index is 254. The molecule has 2 fully saturated rings. The van der Waals surface area contributed by atoms with Crippen molar-refractivity contribution in [2.75, 3.05) is 26.2 Å². The van der Waals surface area contributed by atoms with Crippen LogP contribution >= 0.6 is 0 Å². The van der Waals surface area contributed by atoms with Crippen LogP contribution in [0.4, 0.5) is 0 Å². The summed E-state index contributed by atoms with van der Waals surface area (Å²) in [5, 5.41) is 3.53. The quantitative estimate of drug-likeness (QED) is 0.810. The number of nitrogens with zero attached hydrogens (tertiary/aromatic N) is 1. The van der Waals surface area contributed by atoms with Crippen molar-refractivity contribution < 1.29 is 0 Å². The van der Waals surface area contributed by atoms with Crippen molar-refractivity contribution >= 4 is 0 Å². The highest BCUT2D eigenvalue weighted by atomic mass is 15.2. The van der Waals surface area contributed by atoms with Crippen molar-refractivity contribution in [2.45, 2.75) is 59.4 Å². The van der Waals surface area contributed by atoms with E-state index < -0.39 is 0 Å². The average Bonchev–Trinajstić information content (AvgIpc) is 2.88. The Hall–Kier alpha value is -0.0800. The zero-order chi connectivity index (χ0) is 12.5. The highest BCUT2D eigenvalue weighted by Crippen LogP contribution is 2.38. The highest BCUT2D eigenvalue weighted by Gasteiger charge is 2.40. The van der Waals surface area contributed by atoms with Gasteiger partial charge in [0.25, 0.3) is 0 Å². The Kier molecular flexibility index (Phi) is 3.84. The molecule has 2 nitrogen and oxygen atoms in total. The molecule has 0 bridgehead atoms. The van der Waals surface area contributed by atoms with Crippen LogP contribution in [0.15, 0.2) is 0 Å². The van der Waals surface area contributed by atoms with Crippen LogP contribution in [0, 0.1) is 10.8 Å². The minimum Gasteiger partial charge on any atom is -0.316 e. The van der Waals surface area contributed by atoms with Crippen molar-refractivity contribution in [2.24, 2.45) is 10.8 Å². The predicted octanol–water partition coefficient (Wildman–Crippen LogP) is 2.89. The summed E-state index contributed by atoms with van der Waals surface area (Å²) in [6.45, 7) is 14.7. The molecule has 0 aromatic carbocycles. The monoisotopic (exact) mass is 238 g/mol. The minimum absolute atomic E-state index is 0.485. The molecule has 2 heteroatoms. The van der Waals surface area contributed by atoms with Gasteiger partial charge in [0, 0.05) is 19.1 Å². The fourth-order valence-corrected chi connectivity index (χ4v) is 3.63. The molecule has 2 atom stereocenters. The Morgan fingerprint density at radius 1 is 1.41 bits per heavy atom. The van der Waals surface area contributed by atoms with Gasteiger partial charge < -0.3 is 5.32 Å². The first-order chi connectivity index (χ1) is 7.97. The van der Waals surface area contributed by atoms with Crippen LogP contribution in [-0.2, 0) is 0 Å². The first kappa shape index (κ1) is 13.4. The van der Waals surface area contributed by atoms with Crippen molar-refractivity contribution in [3.05, 3.63) is 0 Å². The molecular formula is C15H30N2. The smallest absolute Gasteiger partial charge is 0.0147 e. The molecule has 2 heterocycles. The molecule has 0 amide bonds. The van der Waals surface area contributed by atoms with E-state index in [0.29, 0.717) is 10.8 Å². The Balaban J connectivity index is 2.00. The lowest BCUT2D eigenvalue weighted by atomic mass is 9.79. The van der Waals surface area contributed by atoms with Gasteiger partial charge in [-0.15, -0.1) is 0 Å². The summed E-state index contributed by atoms with van der Waals surface area (Å²) in [4.78, 5) is 2.79. The molecule has 0 radical (unpaired) electrons. The fraction of sp³-hybridized carbons (Fsp3) is 1.00. The van der Waals surface area contributed by atoms with Crippen LogP contribution in [0.2, 0.25) is 0 Å². The second-order valence-corrected chi connectivity index (χ2v) is 7.21. The number of rotatable bonds is 4. The number of hydrogen-bond donors (Lipinski definition) is 1. The van der Waals surface area contributed by atoms with Crippen molar-refractivity contribution in [1.82, 2.24) is 10.2 Å². The Labute approximate surface area is 107 Å². The van der Waals surface area contributed by atoms with Gasteiger partial charge in [0.1, 0.15) is 0 Å². The van der Waals surface area contributed by atoms with Gasteiger partial charge in [0.15, 0.2) is 0 Å². The van der Waals surface area contributed by atoms with E-state index in [9.17, 15) is 0 Å². The molecule has 2 saturated heterocycles. The SMILES string of the molecule is CCC(C)(C)C1CCCN1CC1(C)CCNC1. The van der Waals surface area contributed by atoms with Crippen molar-refractivity contribution in [3.63, 3.8) is 0 Å². The number of likely N-dealkylation sites (tertiary alicyclic amines) is 1. The maximum Gasteiger partial charge on any atom is 0.0147 e. The second-order valence-electron chi connectivity index (χ2n) is 7.21. The average molecular weight is 238 g/mol. The van der Waals surface area contributed by atoms with Gasteiger partial charge in [-0.2, -0.15) is 0 Å². The maximum atomic E-state index is 3.53. The third-order valence-electron chi connectivity index (χ3n) is 5.22. The lowest BCUT2D eigenvalue weighted by Gasteiger charge is -2.40. The molecule has 100 valence electrons. The van der Waals surface area contributed by atoms with E-state index in [2.05, 4.69) is 37.9 Å². The molecule has 0 aromatic heterocycles. The van der Waals surface area contributed by atoms with Crippen LogP contribution in [0.25, 0.3) is 0 Å². The van der Waals surface area contributed by atoms with Gasteiger partial charge in [-0.05, 0) is 49.6 Å². The van der Waals surface area contributed by atoms with Crippen LogP contribution in [-0.4, -0.2) is 37.1 Å². The Morgan fingerprint density at radius 3 is 2.76 bits per heavy atom. The van der Waals surface area contributed by atoms with E-state index in [1.54, 1.807) is 0 Å². The van der Waals surface area contributed by atoms with E-state index >= 15 is 0 Å². The summed E-state index contributed by atoms with van der Waals surface area (Å²) in [5.41, 5.74) is 1.01. The summed E-state index contributed by atoms with van der Waals surface area (Å²) in [7, 11) is 0. The van der Waals surface area contributed by atoms with Gasteiger partial charge in [0.05, 0.1) is 0 Å². The number of hydrogen-bond acceptors (Lipinski definition) is 2. The van der Waals surface area contributed by atoms with Gasteiger partial charge in [-0.25, -0.2) is 0 Å². The molecule has 0 aliphatic carbocycles. The zero-order valence-corrected chi connectivity index (χ0v) is 12.2. The first-order valence-corrected chi connectivity index (χ1v) is 7.42. The summed E-state index contributed by atoms with van der Waals surface area (Å²) >= 11 is 0. The third-order valence-corrected chi connectivity index (χ3v) is 5.22. The molecule has 0 spiro atoms. The molecule has 0 saturated carbocycles. The molecule has 2 unspecified atom stereocenters.